The summed E-state index contributed by atoms with van der Waals surface area (Å²) in [5.41, 5.74) is 2.39. The molecule has 0 atom stereocenters. The minimum absolute atomic E-state index is 0.0516. The zero-order valence-corrected chi connectivity index (χ0v) is 19.5. The Labute approximate surface area is 179 Å². The summed E-state index contributed by atoms with van der Waals surface area (Å²) in [6, 6.07) is 0. The molecule has 0 rings (SSSR count). The fourth-order valence-electron chi connectivity index (χ4n) is 2.93. The highest BCUT2D eigenvalue weighted by Crippen LogP contribution is 2.15. The highest BCUT2D eigenvalue weighted by atomic mass is 16.1. The van der Waals surface area contributed by atoms with E-state index in [1.54, 1.807) is 6.34 Å². The average molecular weight is 405 g/mol. The third kappa shape index (κ3) is 13.1. The molecule has 2 N–H and O–H groups in total. The fraction of sp³-hybridized carbons (Fsp3) is 0.667. The van der Waals surface area contributed by atoms with Crippen molar-refractivity contribution in [3.63, 3.8) is 0 Å². The molecule has 166 valence electrons. The predicted molar refractivity (Wildman–Crippen MR) is 127 cm³/mol. The number of aliphatic imine (C=N–C) groups is 1. The molecule has 5 heteroatoms. The lowest BCUT2D eigenvalue weighted by molar-refractivity contribution is -0.117. The molecule has 0 spiro atoms. The molecule has 0 aromatic carbocycles. The van der Waals surface area contributed by atoms with Gasteiger partial charge in [0.1, 0.15) is 0 Å². The largest absolute Gasteiger partial charge is 0.352 e. The van der Waals surface area contributed by atoms with E-state index in [2.05, 4.69) is 61.4 Å². The number of allylic oxidation sites excluding steroid dienone is 1. The van der Waals surface area contributed by atoms with Gasteiger partial charge in [0.25, 0.3) is 0 Å². The van der Waals surface area contributed by atoms with Gasteiger partial charge in [0.2, 0.25) is 5.91 Å². The number of hydrogen-bond donors (Lipinski definition) is 2. The smallest absolute Gasteiger partial charge is 0.249 e. The van der Waals surface area contributed by atoms with Crippen LogP contribution in [0.15, 0.2) is 41.1 Å². The number of nitrogens with zero attached hydrogens (tertiary/aromatic N) is 2. The van der Waals surface area contributed by atoms with Crippen LogP contribution >= 0.6 is 0 Å². The number of carbonyl (C=O) groups is 1. The van der Waals surface area contributed by atoms with E-state index in [-0.39, 0.29) is 5.91 Å². The molecule has 0 bridgehead atoms. The van der Waals surface area contributed by atoms with Crippen LogP contribution in [0, 0.1) is 5.92 Å². The Morgan fingerprint density at radius 1 is 1.17 bits per heavy atom. The molecule has 0 saturated carbocycles. The molecule has 0 unspecified atom stereocenters. The van der Waals surface area contributed by atoms with E-state index < -0.39 is 0 Å². The first-order valence-electron chi connectivity index (χ1n) is 11.1. The maximum absolute atomic E-state index is 12.4. The quantitative estimate of drug-likeness (QED) is 0.0924. The predicted octanol–water partition coefficient (Wildman–Crippen LogP) is 4.69. The molecule has 29 heavy (non-hydrogen) atoms. The Morgan fingerprint density at radius 3 is 2.48 bits per heavy atom. The van der Waals surface area contributed by atoms with Crippen molar-refractivity contribution in [3.05, 3.63) is 36.1 Å². The van der Waals surface area contributed by atoms with Crippen LogP contribution in [-0.2, 0) is 4.79 Å². The molecule has 0 saturated heterocycles. The van der Waals surface area contributed by atoms with Gasteiger partial charge in [0.15, 0.2) is 0 Å². The van der Waals surface area contributed by atoms with E-state index in [0.29, 0.717) is 18.0 Å². The monoisotopic (exact) mass is 404 g/mol. The van der Waals surface area contributed by atoms with Gasteiger partial charge >= 0.3 is 0 Å². The summed E-state index contributed by atoms with van der Waals surface area (Å²) in [5.74, 6) is 0.367. The Hall–Kier alpha value is -1.88. The topological polar surface area (TPSA) is 56.7 Å². The molecule has 1 amide bonds. The lowest BCUT2D eigenvalue weighted by atomic mass is 10.0. The lowest BCUT2D eigenvalue weighted by Gasteiger charge is -2.20. The molecular formula is C24H44N4O. The van der Waals surface area contributed by atoms with E-state index in [4.69, 9.17) is 0 Å². The Balaban J connectivity index is 4.76. The van der Waals surface area contributed by atoms with E-state index in [1.165, 1.54) is 0 Å². The summed E-state index contributed by atoms with van der Waals surface area (Å²) < 4.78 is 0. The van der Waals surface area contributed by atoms with Crippen LogP contribution in [0.3, 0.4) is 0 Å². The third-order valence-electron chi connectivity index (χ3n) is 4.54. The van der Waals surface area contributed by atoms with E-state index in [0.717, 1.165) is 69.6 Å². The highest BCUT2D eigenvalue weighted by molar-refractivity contribution is 5.94. The van der Waals surface area contributed by atoms with Gasteiger partial charge in [-0.05, 0) is 57.2 Å². The summed E-state index contributed by atoms with van der Waals surface area (Å²) in [7, 11) is 0. The van der Waals surface area contributed by atoms with Gasteiger partial charge in [-0.2, -0.15) is 0 Å². The standard InChI is InChI=1S/C24H44N4O/c1-8-11-16-28(15-10-3)17-12-14-25-19-27-23(21(6)13-9-2)22(7)24(29)26-18-20(4)5/h8,19-20H,1,6,9-18H2,2-5,7H3,(H,25,27)(H,26,29)/b23-22-. The van der Waals surface area contributed by atoms with Crippen molar-refractivity contribution < 1.29 is 4.79 Å². The van der Waals surface area contributed by atoms with Gasteiger partial charge in [-0.15, -0.1) is 6.58 Å². The summed E-state index contributed by atoms with van der Waals surface area (Å²) >= 11 is 0. The van der Waals surface area contributed by atoms with E-state index in [9.17, 15) is 4.79 Å². The molecule has 0 aliphatic heterocycles. The van der Waals surface area contributed by atoms with Crippen LogP contribution in [0.1, 0.15) is 66.7 Å². The van der Waals surface area contributed by atoms with Gasteiger partial charge in [-0.3, -0.25) is 9.79 Å². The fourth-order valence-corrected chi connectivity index (χ4v) is 2.93. The van der Waals surface area contributed by atoms with Crippen LogP contribution in [0.5, 0.6) is 0 Å². The van der Waals surface area contributed by atoms with Crippen molar-refractivity contribution in [2.75, 3.05) is 32.7 Å². The zero-order valence-electron chi connectivity index (χ0n) is 19.5. The maximum Gasteiger partial charge on any atom is 0.249 e. The first kappa shape index (κ1) is 27.1. The first-order chi connectivity index (χ1) is 13.9. The van der Waals surface area contributed by atoms with Crippen molar-refractivity contribution in [2.45, 2.75) is 66.7 Å². The summed E-state index contributed by atoms with van der Waals surface area (Å²) in [5, 5.41) is 6.20. The van der Waals surface area contributed by atoms with Crippen LogP contribution in [-0.4, -0.2) is 49.9 Å². The highest BCUT2D eigenvalue weighted by Gasteiger charge is 2.13. The Kier molecular flexibility index (Phi) is 15.9. The normalized spacial score (nSPS) is 12.4. The molecular weight excluding hydrogens is 360 g/mol. The summed E-state index contributed by atoms with van der Waals surface area (Å²) in [6.07, 6.45) is 8.72. The second-order valence-electron chi connectivity index (χ2n) is 7.91. The van der Waals surface area contributed by atoms with Gasteiger partial charge < -0.3 is 15.5 Å². The Morgan fingerprint density at radius 2 is 1.90 bits per heavy atom. The second-order valence-corrected chi connectivity index (χ2v) is 7.91. The van der Waals surface area contributed by atoms with E-state index >= 15 is 0 Å². The number of hydrogen-bond acceptors (Lipinski definition) is 3. The third-order valence-corrected chi connectivity index (χ3v) is 4.54. The Bertz CT molecular complexity index is 549. The SMILES string of the molecule is C=CCCN(CCC)CCCN=CN/C(C(=C)CCC)=C(/C)C(=O)NCC(C)C. The van der Waals surface area contributed by atoms with Crippen LogP contribution in [0.2, 0.25) is 0 Å². The van der Waals surface area contributed by atoms with Crippen molar-refractivity contribution in [1.29, 1.82) is 0 Å². The lowest BCUT2D eigenvalue weighted by Crippen LogP contribution is -2.30. The number of rotatable bonds is 17. The molecule has 0 fully saturated rings. The van der Waals surface area contributed by atoms with Gasteiger partial charge in [-0.1, -0.05) is 46.8 Å². The first-order valence-corrected chi connectivity index (χ1v) is 11.1. The minimum atomic E-state index is -0.0516. The number of nitrogens with one attached hydrogen (secondary N) is 2. The van der Waals surface area contributed by atoms with Crippen LogP contribution in [0.4, 0.5) is 0 Å². The zero-order chi connectivity index (χ0) is 22.1. The van der Waals surface area contributed by atoms with Crippen LogP contribution < -0.4 is 10.6 Å². The van der Waals surface area contributed by atoms with Gasteiger partial charge in [0.05, 0.1) is 12.0 Å². The number of amides is 1. The molecule has 0 heterocycles. The van der Waals surface area contributed by atoms with E-state index in [1.807, 2.05) is 13.0 Å². The maximum atomic E-state index is 12.4. The molecule has 0 aromatic rings. The van der Waals surface area contributed by atoms with Crippen LogP contribution in [0.25, 0.3) is 0 Å². The van der Waals surface area contributed by atoms with Crippen molar-refractivity contribution in [1.82, 2.24) is 15.5 Å². The summed E-state index contributed by atoms with van der Waals surface area (Å²) in [6.45, 7) is 22.9. The summed E-state index contributed by atoms with van der Waals surface area (Å²) in [4.78, 5) is 19.4. The van der Waals surface area contributed by atoms with Gasteiger partial charge in [-0.25, -0.2) is 0 Å². The molecule has 0 radical (unpaired) electrons. The molecule has 5 nitrogen and oxygen atoms in total. The molecule has 0 aliphatic rings. The van der Waals surface area contributed by atoms with Crippen molar-refractivity contribution in [2.24, 2.45) is 10.9 Å². The second kappa shape index (κ2) is 17.0. The van der Waals surface area contributed by atoms with Crippen molar-refractivity contribution in [3.8, 4) is 0 Å². The van der Waals surface area contributed by atoms with Gasteiger partial charge in [0, 0.05) is 25.2 Å². The number of carbonyl (C=O) groups excluding carboxylic acids is 1. The minimum Gasteiger partial charge on any atom is -0.352 e. The molecule has 0 aromatic heterocycles. The molecule has 0 aliphatic carbocycles. The average Bonchev–Trinajstić information content (AvgIpc) is 2.69. The van der Waals surface area contributed by atoms with Crippen molar-refractivity contribution >= 4 is 12.2 Å².